The zero-order valence-corrected chi connectivity index (χ0v) is 14.5. The number of carbonyl (C=O) groups is 1. The lowest BCUT2D eigenvalue weighted by Crippen LogP contribution is -2.41. The van der Waals surface area contributed by atoms with Crippen molar-refractivity contribution in [3.63, 3.8) is 0 Å². The van der Waals surface area contributed by atoms with Crippen LogP contribution in [-0.4, -0.2) is 41.5 Å². The molecule has 0 saturated heterocycles. The van der Waals surface area contributed by atoms with Crippen molar-refractivity contribution in [2.75, 3.05) is 25.0 Å². The molecule has 1 rings (SSSR count). The second kappa shape index (κ2) is 9.08. The molecule has 1 aromatic rings. The minimum absolute atomic E-state index is 0.0213. The van der Waals surface area contributed by atoms with Crippen molar-refractivity contribution in [1.82, 2.24) is 4.90 Å². The molecule has 23 heavy (non-hydrogen) atoms. The molecule has 130 valence electrons. The predicted molar refractivity (Wildman–Crippen MR) is 90.1 cm³/mol. The summed E-state index contributed by atoms with van der Waals surface area (Å²) in [7, 11) is 0. The molecule has 0 radical (unpaired) electrons. The van der Waals surface area contributed by atoms with Gasteiger partial charge in [0.2, 0.25) is 0 Å². The van der Waals surface area contributed by atoms with E-state index in [-0.39, 0.29) is 18.1 Å². The molecule has 1 aromatic carbocycles. The van der Waals surface area contributed by atoms with Crippen LogP contribution in [0, 0.1) is 5.41 Å². The molecular weight excluding hydrogens is 322 g/mol. The molecule has 0 aromatic heterocycles. The SMILES string of the molecule is CC(C)(C)CN(CCCO)C(=O)Nc1ccc(SC(F)F)cc1. The van der Waals surface area contributed by atoms with Crippen LogP contribution in [0.4, 0.5) is 19.3 Å². The Morgan fingerprint density at radius 2 is 1.91 bits per heavy atom. The molecule has 0 bridgehead atoms. The summed E-state index contributed by atoms with van der Waals surface area (Å²) in [4.78, 5) is 14.5. The third kappa shape index (κ3) is 8.18. The monoisotopic (exact) mass is 346 g/mol. The number of rotatable bonds is 7. The van der Waals surface area contributed by atoms with Crippen LogP contribution in [0.3, 0.4) is 0 Å². The Morgan fingerprint density at radius 1 is 1.30 bits per heavy atom. The molecule has 0 saturated carbocycles. The Labute approximate surface area is 140 Å². The predicted octanol–water partition coefficient (Wildman–Crippen LogP) is 4.26. The number of halogens is 2. The molecule has 0 unspecified atom stereocenters. The highest BCUT2D eigenvalue weighted by atomic mass is 32.2. The van der Waals surface area contributed by atoms with Crippen LogP contribution in [-0.2, 0) is 0 Å². The van der Waals surface area contributed by atoms with Crippen molar-refractivity contribution in [3.05, 3.63) is 24.3 Å². The summed E-state index contributed by atoms with van der Waals surface area (Å²) < 4.78 is 24.6. The second-order valence-corrected chi connectivity index (χ2v) is 7.46. The maximum atomic E-state index is 12.4. The van der Waals surface area contributed by atoms with Crippen LogP contribution < -0.4 is 5.32 Å². The smallest absolute Gasteiger partial charge is 0.321 e. The average Bonchev–Trinajstić information content (AvgIpc) is 2.43. The van der Waals surface area contributed by atoms with Gasteiger partial charge in [-0.15, -0.1) is 0 Å². The zero-order chi connectivity index (χ0) is 17.5. The third-order valence-corrected chi connectivity index (χ3v) is 3.59. The van der Waals surface area contributed by atoms with Crippen LogP contribution in [0.1, 0.15) is 27.2 Å². The fraction of sp³-hybridized carbons (Fsp3) is 0.562. The molecule has 0 atom stereocenters. The first-order valence-electron chi connectivity index (χ1n) is 7.43. The average molecular weight is 346 g/mol. The van der Waals surface area contributed by atoms with Crippen molar-refractivity contribution < 1.29 is 18.7 Å². The van der Waals surface area contributed by atoms with E-state index < -0.39 is 5.76 Å². The first kappa shape index (κ1) is 19.7. The van der Waals surface area contributed by atoms with Gasteiger partial charge in [-0.1, -0.05) is 32.5 Å². The van der Waals surface area contributed by atoms with E-state index in [1.165, 1.54) is 0 Å². The van der Waals surface area contributed by atoms with Gasteiger partial charge in [-0.25, -0.2) is 4.79 Å². The minimum atomic E-state index is -2.46. The number of nitrogens with one attached hydrogen (secondary N) is 1. The van der Waals surface area contributed by atoms with Crippen molar-refractivity contribution in [3.8, 4) is 0 Å². The number of thioether (sulfide) groups is 1. The van der Waals surface area contributed by atoms with Crippen molar-refractivity contribution in [2.24, 2.45) is 5.41 Å². The molecule has 0 heterocycles. The summed E-state index contributed by atoms with van der Waals surface area (Å²) >= 11 is 0.467. The number of aliphatic hydroxyl groups excluding tert-OH is 1. The Hall–Kier alpha value is -1.34. The summed E-state index contributed by atoms with van der Waals surface area (Å²) in [6.45, 7) is 7.12. The largest absolute Gasteiger partial charge is 0.396 e. The molecule has 0 aliphatic heterocycles. The summed E-state index contributed by atoms with van der Waals surface area (Å²) in [6, 6.07) is 6.04. The van der Waals surface area contributed by atoms with Crippen molar-refractivity contribution in [1.29, 1.82) is 0 Å². The van der Waals surface area contributed by atoms with E-state index in [1.54, 1.807) is 29.2 Å². The Bertz CT molecular complexity index is 490. The molecule has 0 aliphatic rings. The van der Waals surface area contributed by atoms with E-state index in [9.17, 15) is 13.6 Å². The van der Waals surface area contributed by atoms with E-state index in [1.807, 2.05) is 20.8 Å². The highest BCUT2D eigenvalue weighted by molar-refractivity contribution is 7.99. The highest BCUT2D eigenvalue weighted by Crippen LogP contribution is 2.26. The summed E-state index contributed by atoms with van der Waals surface area (Å²) in [5, 5.41) is 11.7. The summed E-state index contributed by atoms with van der Waals surface area (Å²) in [5.41, 5.74) is 0.487. The molecule has 7 heteroatoms. The summed E-state index contributed by atoms with van der Waals surface area (Å²) in [6.07, 6.45) is 0.507. The number of hydrogen-bond donors (Lipinski definition) is 2. The number of anilines is 1. The maximum Gasteiger partial charge on any atom is 0.321 e. The first-order valence-corrected chi connectivity index (χ1v) is 8.31. The number of hydrogen-bond acceptors (Lipinski definition) is 3. The van der Waals surface area contributed by atoms with Crippen LogP contribution >= 0.6 is 11.8 Å². The van der Waals surface area contributed by atoms with Crippen LogP contribution in [0.15, 0.2) is 29.2 Å². The summed E-state index contributed by atoms with van der Waals surface area (Å²) in [5.74, 6) is -2.46. The lowest BCUT2D eigenvalue weighted by Gasteiger charge is -2.30. The van der Waals surface area contributed by atoms with Gasteiger partial charge in [0.05, 0.1) is 0 Å². The second-order valence-electron chi connectivity index (χ2n) is 6.39. The van der Waals surface area contributed by atoms with E-state index >= 15 is 0 Å². The van der Waals surface area contributed by atoms with E-state index in [0.29, 0.717) is 41.9 Å². The molecule has 0 aliphatic carbocycles. The highest BCUT2D eigenvalue weighted by Gasteiger charge is 2.20. The molecule has 0 fully saturated rings. The third-order valence-electron chi connectivity index (χ3n) is 2.87. The Balaban J connectivity index is 2.69. The molecule has 2 amide bonds. The first-order chi connectivity index (χ1) is 10.7. The Morgan fingerprint density at radius 3 is 2.39 bits per heavy atom. The number of urea groups is 1. The quantitative estimate of drug-likeness (QED) is 0.725. The van der Waals surface area contributed by atoms with E-state index in [0.717, 1.165) is 0 Å². The van der Waals surface area contributed by atoms with Gasteiger partial charge in [0.1, 0.15) is 0 Å². The van der Waals surface area contributed by atoms with Crippen molar-refractivity contribution >= 4 is 23.5 Å². The number of nitrogens with zero attached hydrogens (tertiary/aromatic N) is 1. The van der Waals surface area contributed by atoms with Crippen molar-refractivity contribution in [2.45, 2.75) is 37.8 Å². The number of alkyl halides is 2. The normalized spacial score (nSPS) is 11.6. The molecular formula is C16H24F2N2O2S. The fourth-order valence-corrected chi connectivity index (χ4v) is 2.51. The number of carbonyl (C=O) groups excluding carboxylic acids is 1. The topological polar surface area (TPSA) is 52.6 Å². The van der Waals surface area contributed by atoms with Gasteiger partial charge in [-0.3, -0.25) is 0 Å². The number of aliphatic hydroxyl groups is 1. The zero-order valence-electron chi connectivity index (χ0n) is 13.7. The molecule has 2 N–H and O–H groups in total. The van der Waals surface area contributed by atoms with Gasteiger partial charge in [-0.05, 0) is 36.1 Å². The van der Waals surface area contributed by atoms with E-state index in [4.69, 9.17) is 5.11 Å². The number of benzene rings is 1. The fourth-order valence-electron chi connectivity index (χ4n) is 2.01. The number of amides is 2. The van der Waals surface area contributed by atoms with Gasteiger partial charge in [-0.2, -0.15) is 8.78 Å². The van der Waals surface area contributed by atoms with Crippen LogP contribution in [0.25, 0.3) is 0 Å². The molecule has 0 spiro atoms. The van der Waals surface area contributed by atoms with Gasteiger partial charge in [0, 0.05) is 30.3 Å². The van der Waals surface area contributed by atoms with Gasteiger partial charge in [0.25, 0.3) is 5.76 Å². The van der Waals surface area contributed by atoms with E-state index in [2.05, 4.69) is 5.32 Å². The lowest BCUT2D eigenvalue weighted by atomic mass is 9.96. The van der Waals surface area contributed by atoms with Crippen LogP contribution in [0.5, 0.6) is 0 Å². The molecule has 4 nitrogen and oxygen atoms in total. The minimum Gasteiger partial charge on any atom is -0.396 e. The van der Waals surface area contributed by atoms with Gasteiger partial charge in [0.15, 0.2) is 0 Å². The van der Waals surface area contributed by atoms with Gasteiger partial charge < -0.3 is 15.3 Å². The maximum absolute atomic E-state index is 12.4. The standard InChI is InChI=1S/C16H24F2N2O2S/c1-16(2,3)11-20(9-4-10-21)15(22)19-12-5-7-13(8-6-12)23-14(17)18/h5-8,14,21H,4,9-11H2,1-3H3,(H,19,22). The lowest BCUT2D eigenvalue weighted by molar-refractivity contribution is 0.176. The Kier molecular flexibility index (Phi) is 7.78. The van der Waals surface area contributed by atoms with Crippen LogP contribution in [0.2, 0.25) is 0 Å². The van der Waals surface area contributed by atoms with Gasteiger partial charge >= 0.3 is 6.03 Å².